The van der Waals surface area contributed by atoms with E-state index in [1.165, 1.54) is 7.11 Å². The van der Waals surface area contributed by atoms with Crippen LogP contribution in [0.1, 0.15) is 30.0 Å². The molecule has 1 amide bonds. The molecule has 0 saturated carbocycles. The molecule has 0 radical (unpaired) electrons. The largest absolute Gasteiger partial charge is 0.468 e. The Bertz CT molecular complexity index is 670. The predicted octanol–water partition coefficient (Wildman–Crippen LogP) is 3.58. The highest BCUT2D eigenvalue weighted by Crippen LogP contribution is 2.22. The minimum absolute atomic E-state index is 0.202. The molecule has 0 spiro atoms. The van der Waals surface area contributed by atoms with Crippen LogP contribution in [-0.4, -0.2) is 19.0 Å². The van der Waals surface area contributed by atoms with Gasteiger partial charge in [0.15, 0.2) is 5.92 Å². The van der Waals surface area contributed by atoms with Crippen molar-refractivity contribution in [2.75, 3.05) is 7.11 Å². The number of hydrogen-bond acceptors (Lipinski definition) is 3. The van der Waals surface area contributed by atoms with Gasteiger partial charge in [-0.2, -0.15) is 0 Å². The normalized spacial score (nSPS) is 13.0. The highest BCUT2D eigenvalue weighted by molar-refractivity contribution is 9.10. The Kier molecular flexibility index (Phi) is 5.93. The maximum atomic E-state index is 12.6. The monoisotopic (exact) mass is 375 g/mol. The van der Waals surface area contributed by atoms with E-state index in [9.17, 15) is 9.59 Å². The molecule has 0 aromatic heterocycles. The molecule has 2 unspecified atom stereocenters. The molecule has 0 aliphatic carbocycles. The van der Waals surface area contributed by atoms with Gasteiger partial charge in [-0.05, 0) is 30.2 Å². The molecule has 1 N–H and O–H groups in total. The standard InChI is InChI=1S/C18H18BrNO3/c1-12(13-6-4-3-5-7-13)20-17(21)16(18(22)23-2)14-8-10-15(19)11-9-14/h3-12,16H,1-2H3,(H,20,21). The number of benzene rings is 2. The van der Waals surface area contributed by atoms with E-state index < -0.39 is 11.9 Å². The molecular weight excluding hydrogens is 358 g/mol. The lowest BCUT2D eigenvalue weighted by atomic mass is 9.97. The zero-order valence-electron chi connectivity index (χ0n) is 13.0. The zero-order chi connectivity index (χ0) is 16.8. The molecular formula is C18H18BrNO3. The third-order valence-electron chi connectivity index (χ3n) is 3.56. The molecule has 2 aromatic rings. The number of nitrogens with one attached hydrogen (secondary N) is 1. The fraction of sp³-hybridized carbons (Fsp3) is 0.222. The second-order valence-electron chi connectivity index (χ2n) is 5.15. The van der Waals surface area contributed by atoms with Crippen LogP contribution in [0.25, 0.3) is 0 Å². The van der Waals surface area contributed by atoms with E-state index in [0.29, 0.717) is 5.56 Å². The molecule has 0 aliphatic rings. The Hall–Kier alpha value is -2.14. The first-order chi connectivity index (χ1) is 11.0. The van der Waals surface area contributed by atoms with Crippen molar-refractivity contribution >= 4 is 27.8 Å². The maximum absolute atomic E-state index is 12.6. The maximum Gasteiger partial charge on any atom is 0.322 e. The lowest BCUT2D eigenvalue weighted by Gasteiger charge is -2.19. The first-order valence-electron chi connectivity index (χ1n) is 7.21. The quantitative estimate of drug-likeness (QED) is 0.641. The fourth-order valence-electron chi connectivity index (χ4n) is 2.29. The van der Waals surface area contributed by atoms with Crippen molar-refractivity contribution in [2.24, 2.45) is 0 Å². The van der Waals surface area contributed by atoms with Crippen LogP contribution < -0.4 is 5.32 Å². The van der Waals surface area contributed by atoms with Crippen LogP contribution in [-0.2, 0) is 14.3 Å². The van der Waals surface area contributed by atoms with Crippen LogP contribution in [0.4, 0.5) is 0 Å². The first kappa shape index (κ1) is 17.2. The van der Waals surface area contributed by atoms with Crippen LogP contribution in [0.5, 0.6) is 0 Å². The van der Waals surface area contributed by atoms with Gasteiger partial charge < -0.3 is 10.1 Å². The lowest BCUT2D eigenvalue weighted by Crippen LogP contribution is -2.36. The molecule has 2 aromatic carbocycles. The Morgan fingerprint density at radius 2 is 1.61 bits per heavy atom. The predicted molar refractivity (Wildman–Crippen MR) is 91.9 cm³/mol. The minimum atomic E-state index is -0.987. The number of halogens is 1. The summed E-state index contributed by atoms with van der Waals surface area (Å²) in [6, 6.07) is 16.4. The van der Waals surface area contributed by atoms with E-state index in [1.807, 2.05) is 37.3 Å². The summed E-state index contributed by atoms with van der Waals surface area (Å²) in [6.07, 6.45) is 0. The van der Waals surface area contributed by atoms with Gasteiger partial charge in [-0.3, -0.25) is 9.59 Å². The van der Waals surface area contributed by atoms with Gasteiger partial charge >= 0.3 is 5.97 Å². The molecule has 0 bridgehead atoms. The Balaban J connectivity index is 2.20. The molecule has 120 valence electrons. The van der Waals surface area contributed by atoms with Gasteiger partial charge in [0.2, 0.25) is 5.91 Å². The van der Waals surface area contributed by atoms with Crippen molar-refractivity contribution in [3.63, 3.8) is 0 Å². The van der Waals surface area contributed by atoms with Gasteiger partial charge in [0.1, 0.15) is 0 Å². The summed E-state index contributed by atoms with van der Waals surface area (Å²) in [6.45, 7) is 1.88. The molecule has 2 atom stereocenters. The van der Waals surface area contributed by atoms with Crippen molar-refractivity contribution in [1.82, 2.24) is 5.32 Å². The summed E-state index contributed by atoms with van der Waals surface area (Å²) < 4.78 is 5.67. The summed E-state index contributed by atoms with van der Waals surface area (Å²) in [5.74, 6) is -1.94. The summed E-state index contributed by atoms with van der Waals surface area (Å²) in [4.78, 5) is 24.7. The molecule has 23 heavy (non-hydrogen) atoms. The van der Waals surface area contributed by atoms with Crippen molar-refractivity contribution in [3.8, 4) is 0 Å². The number of carbonyl (C=O) groups excluding carboxylic acids is 2. The molecule has 0 saturated heterocycles. The van der Waals surface area contributed by atoms with E-state index in [-0.39, 0.29) is 11.9 Å². The van der Waals surface area contributed by atoms with Crippen molar-refractivity contribution in [3.05, 3.63) is 70.2 Å². The number of hydrogen-bond donors (Lipinski definition) is 1. The summed E-state index contributed by atoms with van der Waals surface area (Å²) in [5.41, 5.74) is 1.57. The number of methoxy groups -OCH3 is 1. The van der Waals surface area contributed by atoms with Gasteiger partial charge in [-0.25, -0.2) is 0 Å². The van der Waals surface area contributed by atoms with E-state index in [4.69, 9.17) is 4.74 Å². The van der Waals surface area contributed by atoms with Crippen LogP contribution >= 0.6 is 15.9 Å². The third kappa shape index (κ3) is 4.42. The number of esters is 1. The highest BCUT2D eigenvalue weighted by atomic mass is 79.9. The van der Waals surface area contributed by atoms with Crippen molar-refractivity contribution in [1.29, 1.82) is 0 Å². The Morgan fingerprint density at radius 1 is 1.00 bits per heavy atom. The van der Waals surface area contributed by atoms with Gasteiger partial charge in [0.25, 0.3) is 0 Å². The molecule has 0 heterocycles. The number of rotatable bonds is 5. The molecule has 2 rings (SSSR count). The second-order valence-corrected chi connectivity index (χ2v) is 6.06. The summed E-state index contributed by atoms with van der Waals surface area (Å²) >= 11 is 3.34. The molecule has 0 fully saturated rings. The molecule has 0 aliphatic heterocycles. The minimum Gasteiger partial charge on any atom is -0.468 e. The fourth-order valence-corrected chi connectivity index (χ4v) is 2.55. The van der Waals surface area contributed by atoms with E-state index in [0.717, 1.165) is 10.0 Å². The smallest absolute Gasteiger partial charge is 0.322 e. The number of carbonyl (C=O) groups is 2. The first-order valence-corrected chi connectivity index (χ1v) is 8.01. The lowest BCUT2D eigenvalue weighted by molar-refractivity contribution is -0.146. The highest BCUT2D eigenvalue weighted by Gasteiger charge is 2.30. The average molecular weight is 376 g/mol. The molecule has 4 nitrogen and oxygen atoms in total. The van der Waals surface area contributed by atoms with Gasteiger partial charge in [-0.15, -0.1) is 0 Å². The summed E-state index contributed by atoms with van der Waals surface area (Å²) in [5, 5.41) is 2.87. The number of amides is 1. The van der Waals surface area contributed by atoms with Gasteiger partial charge in [0, 0.05) is 4.47 Å². The van der Waals surface area contributed by atoms with Crippen molar-refractivity contribution < 1.29 is 14.3 Å². The Morgan fingerprint density at radius 3 is 2.17 bits per heavy atom. The Labute approximate surface area is 144 Å². The van der Waals surface area contributed by atoms with Gasteiger partial charge in [0.05, 0.1) is 13.2 Å². The van der Waals surface area contributed by atoms with E-state index in [1.54, 1.807) is 24.3 Å². The van der Waals surface area contributed by atoms with Crippen LogP contribution in [0, 0.1) is 0 Å². The van der Waals surface area contributed by atoms with Crippen molar-refractivity contribution in [2.45, 2.75) is 18.9 Å². The zero-order valence-corrected chi connectivity index (χ0v) is 14.5. The number of ether oxygens (including phenoxy) is 1. The SMILES string of the molecule is COC(=O)C(C(=O)NC(C)c1ccccc1)c1ccc(Br)cc1. The topological polar surface area (TPSA) is 55.4 Å². The second kappa shape index (κ2) is 7.92. The third-order valence-corrected chi connectivity index (χ3v) is 4.09. The summed E-state index contributed by atoms with van der Waals surface area (Å²) in [7, 11) is 1.28. The van der Waals surface area contributed by atoms with E-state index >= 15 is 0 Å². The van der Waals surface area contributed by atoms with Gasteiger partial charge in [-0.1, -0.05) is 58.4 Å². The van der Waals surface area contributed by atoms with E-state index in [2.05, 4.69) is 21.2 Å². The average Bonchev–Trinajstić information content (AvgIpc) is 2.57. The van der Waals surface area contributed by atoms with Crippen LogP contribution in [0.3, 0.4) is 0 Å². The van der Waals surface area contributed by atoms with Crippen LogP contribution in [0.15, 0.2) is 59.1 Å². The van der Waals surface area contributed by atoms with Crippen LogP contribution in [0.2, 0.25) is 0 Å². The molecule has 5 heteroatoms.